The fourth-order valence-electron chi connectivity index (χ4n) is 6.50. The molecule has 10 heteroatoms. The van der Waals surface area contributed by atoms with E-state index in [1.807, 2.05) is 12.1 Å². The van der Waals surface area contributed by atoms with Gasteiger partial charge >= 0.3 is 0 Å². The Kier molecular flexibility index (Phi) is 10.5. The van der Waals surface area contributed by atoms with Crippen molar-refractivity contribution in [3.8, 4) is 11.5 Å². The topological polar surface area (TPSA) is 88.1 Å². The summed E-state index contributed by atoms with van der Waals surface area (Å²) in [6.45, 7) is 1.07. The third-order valence-corrected chi connectivity index (χ3v) is 15.7. The molecule has 1 aliphatic heterocycles. The lowest BCUT2D eigenvalue weighted by atomic mass is 10.1. The zero-order valence-electron chi connectivity index (χ0n) is 26.7. The van der Waals surface area contributed by atoms with Gasteiger partial charge in [-0.2, -0.15) is 0 Å². The monoisotopic (exact) mass is 786 g/mol. The summed E-state index contributed by atoms with van der Waals surface area (Å²) < 4.78 is 14.5. The first kappa shape index (κ1) is 32.9. The molecule has 3 heterocycles. The van der Waals surface area contributed by atoms with E-state index in [0.29, 0.717) is 11.3 Å². The predicted octanol–water partition coefficient (Wildman–Crippen LogP) is 8.23. The third-order valence-electron chi connectivity index (χ3n) is 8.87. The normalized spacial score (nSPS) is 12.5. The van der Waals surface area contributed by atoms with Crippen LogP contribution in [-0.4, -0.2) is 32.5 Å². The van der Waals surface area contributed by atoms with Gasteiger partial charge in [-0.3, -0.25) is 0 Å². The number of imidazole rings is 1. The molecular weight excluding hydrogens is 748 g/mol. The molecule has 0 aliphatic carbocycles. The smallest absolute Gasteiger partial charge is 0.231 e. The van der Waals surface area contributed by atoms with Gasteiger partial charge in [0.25, 0.3) is 0 Å². The molecule has 244 valence electrons. The first-order valence-corrected chi connectivity index (χ1v) is 20.3. The molecule has 0 saturated heterocycles. The molecule has 7 nitrogen and oxygen atoms in total. The summed E-state index contributed by atoms with van der Waals surface area (Å²) in [5, 5.41) is 5.24. The van der Waals surface area contributed by atoms with Crippen LogP contribution >= 0.6 is 41.6 Å². The second-order valence-electron chi connectivity index (χ2n) is 11.9. The van der Waals surface area contributed by atoms with E-state index in [0.717, 1.165) is 50.2 Å². The van der Waals surface area contributed by atoms with Crippen molar-refractivity contribution in [1.82, 2.24) is 19.5 Å². The standard InChI is InChI=1S/C38H38IN5O2PS/c39-31-24-32-33(46-27-45-32)25-34(31)48-38-43-35-36(40)41-26-42-37(35)44(38)22-14-3-1-2-4-15-23-47(28-16-8-5-9-17-28,29-18-10-6-11-19-29)30-20-12-7-13-21-30/h5-13,16-21,24-26H,1-4,14-15,22-23,27H2,(H2,40,41,42)/q+1. The zero-order valence-corrected chi connectivity index (χ0v) is 30.5. The van der Waals surface area contributed by atoms with Crippen molar-refractivity contribution >= 4 is 74.5 Å². The second kappa shape index (κ2) is 15.3. The van der Waals surface area contributed by atoms with Crippen LogP contribution in [0.4, 0.5) is 5.82 Å². The number of nitrogens with zero attached hydrogens (tertiary/aromatic N) is 4. The van der Waals surface area contributed by atoms with Gasteiger partial charge in [-0.25, -0.2) is 15.0 Å². The van der Waals surface area contributed by atoms with Crippen molar-refractivity contribution in [3.63, 3.8) is 0 Å². The molecule has 0 amide bonds. The Labute approximate surface area is 300 Å². The number of fused-ring (bicyclic) bond motifs is 2. The fourth-order valence-corrected chi connectivity index (χ4v) is 12.6. The van der Waals surface area contributed by atoms with Gasteiger partial charge in [0.1, 0.15) is 29.5 Å². The summed E-state index contributed by atoms with van der Waals surface area (Å²) in [4.78, 5) is 14.7. The number of nitrogens with two attached hydrogens (primary N) is 1. The lowest BCUT2D eigenvalue weighted by Crippen LogP contribution is -2.33. The van der Waals surface area contributed by atoms with Crippen LogP contribution in [0.3, 0.4) is 0 Å². The van der Waals surface area contributed by atoms with E-state index in [1.54, 1.807) is 11.8 Å². The molecule has 1 aliphatic rings. The molecule has 7 rings (SSSR count). The predicted molar refractivity (Wildman–Crippen MR) is 207 cm³/mol. The molecule has 0 fully saturated rings. The van der Waals surface area contributed by atoms with Gasteiger partial charge in [0, 0.05) is 15.0 Å². The summed E-state index contributed by atoms with van der Waals surface area (Å²) in [6.07, 6.45) is 9.71. The highest BCUT2D eigenvalue weighted by molar-refractivity contribution is 14.1. The Hall–Kier alpha value is -3.66. The highest BCUT2D eigenvalue weighted by Gasteiger charge is 2.44. The number of aromatic nitrogens is 4. The van der Waals surface area contributed by atoms with Crippen molar-refractivity contribution in [1.29, 1.82) is 0 Å². The molecule has 4 aromatic carbocycles. The minimum Gasteiger partial charge on any atom is -0.454 e. The Balaban J connectivity index is 0.998. The largest absolute Gasteiger partial charge is 0.454 e. The van der Waals surface area contributed by atoms with Gasteiger partial charge < -0.3 is 19.8 Å². The number of halogens is 1. The first-order valence-electron chi connectivity index (χ1n) is 16.4. The van der Waals surface area contributed by atoms with E-state index in [9.17, 15) is 0 Å². The summed E-state index contributed by atoms with van der Waals surface area (Å²) in [6, 6.07) is 37.6. The number of unbranched alkanes of at least 4 members (excludes halogenated alkanes) is 5. The number of anilines is 1. The number of nitrogen functional groups attached to an aromatic ring is 1. The van der Waals surface area contributed by atoms with Gasteiger partial charge in [-0.15, -0.1) is 0 Å². The van der Waals surface area contributed by atoms with Crippen LogP contribution in [0.1, 0.15) is 38.5 Å². The van der Waals surface area contributed by atoms with Crippen molar-refractivity contribution in [2.45, 2.75) is 55.1 Å². The van der Waals surface area contributed by atoms with E-state index >= 15 is 0 Å². The van der Waals surface area contributed by atoms with Gasteiger partial charge in [-0.05, 0) is 90.4 Å². The molecule has 0 saturated carbocycles. The lowest BCUT2D eigenvalue weighted by Gasteiger charge is -2.27. The number of hydrogen-bond donors (Lipinski definition) is 1. The van der Waals surface area contributed by atoms with Crippen LogP contribution in [0.15, 0.2) is 120 Å². The third kappa shape index (κ3) is 6.91. The van der Waals surface area contributed by atoms with Crippen LogP contribution in [-0.2, 0) is 6.54 Å². The molecule has 6 aromatic rings. The summed E-state index contributed by atoms with van der Waals surface area (Å²) in [5.41, 5.74) is 7.66. The van der Waals surface area contributed by atoms with Crippen LogP contribution in [0.25, 0.3) is 11.2 Å². The SMILES string of the molecule is Nc1ncnc2c1nc(Sc1cc3c(cc1I)OCO3)n2CCCCCCCC[P+](c1ccccc1)(c1ccccc1)c1ccccc1. The Morgan fingerprint density at radius 1 is 0.729 bits per heavy atom. The van der Waals surface area contributed by atoms with Gasteiger partial charge in [0.15, 0.2) is 33.6 Å². The Bertz CT molecular complexity index is 1880. The minimum atomic E-state index is -1.77. The van der Waals surface area contributed by atoms with E-state index in [1.165, 1.54) is 54.1 Å². The summed E-state index contributed by atoms with van der Waals surface area (Å²) in [7, 11) is -1.77. The van der Waals surface area contributed by atoms with Crippen LogP contribution in [0.2, 0.25) is 0 Å². The van der Waals surface area contributed by atoms with Crippen LogP contribution in [0, 0.1) is 3.57 Å². The van der Waals surface area contributed by atoms with Gasteiger partial charge in [-0.1, -0.05) is 85.6 Å². The Morgan fingerprint density at radius 3 is 1.92 bits per heavy atom. The number of hydrogen-bond acceptors (Lipinski definition) is 7. The second-order valence-corrected chi connectivity index (χ2v) is 17.7. The van der Waals surface area contributed by atoms with Gasteiger partial charge in [0.05, 0.1) is 6.16 Å². The molecule has 0 atom stereocenters. The van der Waals surface area contributed by atoms with Crippen molar-refractivity contribution in [2.75, 3.05) is 18.7 Å². The summed E-state index contributed by atoms with van der Waals surface area (Å²) >= 11 is 3.94. The van der Waals surface area contributed by atoms with E-state index in [4.69, 9.17) is 20.2 Å². The molecule has 2 aromatic heterocycles. The van der Waals surface area contributed by atoms with Crippen LogP contribution < -0.4 is 31.1 Å². The highest BCUT2D eigenvalue weighted by atomic mass is 127. The molecular formula is C38H38IN5O2PS+. The maximum Gasteiger partial charge on any atom is 0.231 e. The average Bonchev–Trinajstić information content (AvgIpc) is 3.73. The molecule has 0 radical (unpaired) electrons. The van der Waals surface area contributed by atoms with Crippen LogP contribution in [0.5, 0.6) is 11.5 Å². The van der Waals surface area contributed by atoms with E-state index in [2.05, 4.69) is 128 Å². The number of benzene rings is 4. The van der Waals surface area contributed by atoms with Crippen molar-refractivity contribution in [2.24, 2.45) is 0 Å². The molecule has 0 spiro atoms. The highest BCUT2D eigenvalue weighted by Crippen LogP contribution is 2.56. The maximum atomic E-state index is 6.23. The lowest BCUT2D eigenvalue weighted by molar-refractivity contribution is 0.174. The zero-order chi connectivity index (χ0) is 32.8. The Morgan fingerprint density at radius 2 is 1.29 bits per heavy atom. The fraction of sp³-hybridized carbons (Fsp3) is 0.237. The van der Waals surface area contributed by atoms with Crippen molar-refractivity contribution < 1.29 is 9.47 Å². The van der Waals surface area contributed by atoms with E-state index < -0.39 is 7.26 Å². The minimum absolute atomic E-state index is 0.250. The quantitative estimate of drug-likeness (QED) is 0.0677. The summed E-state index contributed by atoms with van der Waals surface area (Å²) in [5.74, 6) is 1.94. The molecule has 0 bridgehead atoms. The number of rotatable bonds is 14. The average molecular weight is 787 g/mol. The van der Waals surface area contributed by atoms with Crippen molar-refractivity contribution in [3.05, 3.63) is 113 Å². The number of ether oxygens (including phenoxy) is 2. The number of aryl methyl sites for hydroxylation is 1. The maximum absolute atomic E-state index is 6.23. The molecule has 0 unspecified atom stereocenters. The molecule has 48 heavy (non-hydrogen) atoms. The van der Waals surface area contributed by atoms with Gasteiger partial charge in [0.2, 0.25) is 6.79 Å². The first-order chi connectivity index (χ1) is 23.6. The molecule has 2 N–H and O–H groups in total. The van der Waals surface area contributed by atoms with E-state index in [-0.39, 0.29) is 6.79 Å².